The lowest BCUT2D eigenvalue weighted by Gasteiger charge is -2.27. The van der Waals surface area contributed by atoms with Crippen LogP contribution in [0, 0.1) is 13.8 Å². The van der Waals surface area contributed by atoms with Crippen molar-refractivity contribution in [3.63, 3.8) is 0 Å². The van der Waals surface area contributed by atoms with E-state index in [2.05, 4.69) is 39.6 Å². The summed E-state index contributed by atoms with van der Waals surface area (Å²) in [5.41, 5.74) is 6.88. The number of aromatic nitrogens is 1. The second kappa shape index (κ2) is 7.43. The summed E-state index contributed by atoms with van der Waals surface area (Å²) in [7, 11) is 0. The molecule has 2 aromatic heterocycles. The van der Waals surface area contributed by atoms with Gasteiger partial charge < -0.3 is 9.84 Å². The Bertz CT molecular complexity index is 1050. The molecule has 3 aromatic rings. The zero-order chi connectivity index (χ0) is 20.0. The number of fused-ring (bicyclic) bond motifs is 2. The van der Waals surface area contributed by atoms with Crippen LogP contribution in [0.1, 0.15) is 61.4 Å². The van der Waals surface area contributed by atoms with E-state index in [0.717, 1.165) is 55.9 Å². The lowest BCUT2D eigenvalue weighted by molar-refractivity contribution is 0.0935. The average molecular weight is 408 g/mol. The maximum absolute atomic E-state index is 13.0. The molecule has 6 heteroatoms. The smallest absolute Gasteiger partial charge is 0.252 e. The van der Waals surface area contributed by atoms with E-state index in [0.29, 0.717) is 0 Å². The fraction of sp³-hybridized carbons (Fsp3) is 0.391. The molecule has 1 atom stereocenters. The van der Waals surface area contributed by atoms with Crippen LogP contribution in [0.3, 0.4) is 0 Å². The monoisotopic (exact) mass is 407 g/mol. The Morgan fingerprint density at radius 2 is 2.17 bits per heavy atom. The van der Waals surface area contributed by atoms with E-state index >= 15 is 0 Å². The Morgan fingerprint density at radius 1 is 1.31 bits per heavy atom. The molecule has 0 spiro atoms. The van der Waals surface area contributed by atoms with Crippen LogP contribution in [0.5, 0.6) is 0 Å². The van der Waals surface area contributed by atoms with Crippen LogP contribution in [-0.4, -0.2) is 22.5 Å². The van der Waals surface area contributed by atoms with Gasteiger partial charge in [0, 0.05) is 35.5 Å². The van der Waals surface area contributed by atoms with Crippen molar-refractivity contribution in [2.24, 2.45) is 0 Å². The highest BCUT2D eigenvalue weighted by Crippen LogP contribution is 2.33. The van der Waals surface area contributed by atoms with Crippen LogP contribution in [-0.2, 0) is 25.9 Å². The Hall–Kier alpha value is -2.44. The van der Waals surface area contributed by atoms with Gasteiger partial charge >= 0.3 is 0 Å². The maximum atomic E-state index is 13.0. The third kappa shape index (κ3) is 3.40. The molecule has 3 heterocycles. The highest BCUT2D eigenvalue weighted by Gasteiger charge is 2.28. The van der Waals surface area contributed by atoms with Crippen molar-refractivity contribution < 1.29 is 9.32 Å². The standard InChI is InChI=1S/C23H25N3O2S/c1-14-19(15(2)28-25-14)11-26-10-9-18-20(13-29-22(18)12-26)23(27)24-21-8-7-16-5-3-4-6-17(16)21/h3-6,13,21H,7-12H2,1-2H3,(H,24,27)/t21-/m0/s1. The Morgan fingerprint density at radius 3 is 3.00 bits per heavy atom. The van der Waals surface area contributed by atoms with Crippen molar-refractivity contribution in [1.82, 2.24) is 15.4 Å². The van der Waals surface area contributed by atoms with Gasteiger partial charge in [-0.15, -0.1) is 11.3 Å². The molecule has 0 unspecified atom stereocenters. The van der Waals surface area contributed by atoms with Crippen LogP contribution in [0.15, 0.2) is 34.2 Å². The highest BCUT2D eigenvalue weighted by molar-refractivity contribution is 7.10. The summed E-state index contributed by atoms with van der Waals surface area (Å²) in [6.07, 6.45) is 2.94. The van der Waals surface area contributed by atoms with Crippen LogP contribution in [0.2, 0.25) is 0 Å². The summed E-state index contributed by atoms with van der Waals surface area (Å²) in [6, 6.07) is 8.58. The minimum absolute atomic E-state index is 0.0726. The number of benzene rings is 1. The molecule has 1 aliphatic carbocycles. The van der Waals surface area contributed by atoms with Gasteiger partial charge in [-0.05, 0) is 49.8 Å². The van der Waals surface area contributed by atoms with Gasteiger partial charge in [-0.3, -0.25) is 9.69 Å². The first-order valence-corrected chi connectivity index (χ1v) is 11.1. The third-order valence-electron chi connectivity index (χ3n) is 6.27. The van der Waals surface area contributed by atoms with E-state index < -0.39 is 0 Å². The normalized spacial score (nSPS) is 18.5. The zero-order valence-corrected chi connectivity index (χ0v) is 17.6. The molecule has 150 valence electrons. The number of amides is 1. The molecule has 0 saturated heterocycles. The fourth-order valence-electron chi connectivity index (χ4n) is 4.60. The largest absolute Gasteiger partial charge is 0.361 e. The molecule has 0 radical (unpaired) electrons. The molecule has 1 amide bonds. The average Bonchev–Trinajstić information content (AvgIpc) is 3.41. The third-order valence-corrected chi connectivity index (χ3v) is 7.29. The molecular formula is C23H25N3O2S. The summed E-state index contributed by atoms with van der Waals surface area (Å²) < 4.78 is 5.30. The molecule has 0 bridgehead atoms. The van der Waals surface area contributed by atoms with E-state index in [1.165, 1.54) is 27.1 Å². The zero-order valence-electron chi connectivity index (χ0n) is 16.8. The highest BCUT2D eigenvalue weighted by atomic mass is 32.1. The quantitative estimate of drug-likeness (QED) is 0.699. The molecule has 5 rings (SSSR count). The Kier molecular flexibility index (Phi) is 4.76. The number of thiophene rings is 1. The molecule has 2 aliphatic rings. The van der Waals surface area contributed by atoms with Crippen molar-refractivity contribution in [1.29, 1.82) is 0 Å². The minimum atomic E-state index is 0.0726. The molecule has 0 saturated carbocycles. The fourth-order valence-corrected chi connectivity index (χ4v) is 5.72. The molecule has 0 fully saturated rings. The SMILES string of the molecule is Cc1noc(C)c1CN1CCc2c(C(=O)N[C@H]3CCc4ccccc43)csc2C1. The Labute approximate surface area is 174 Å². The van der Waals surface area contributed by atoms with Crippen LogP contribution in [0.4, 0.5) is 0 Å². The number of carbonyl (C=O) groups excluding carboxylic acids is 1. The summed E-state index contributed by atoms with van der Waals surface area (Å²) in [6.45, 7) is 6.64. The van der Waals surface area contributed by atoms with Crippen molar-refractivity contribution in [2.75, 3.05) is 6.54 Å². The lowest BCUT2D eigenvalue weighted by Crippen LogP contribution is -2.32. The van der Waals surface area contributed by atoms with Crippen molar-refractivity contribution in [2.45, 2.75) is 52.2 Å². The molecule has 1 aromatic carbocycles. The summed E-state index contributed by atoms with van der Waals surface area (Å²) >= 11 is 1.71. The number of rotatable bonds is 4. The topological polar surface area (TPSA) is 58.4 Å². The van der Waals surface area contributed by atoms with Crippen LogP contribution < -0.4 is 5.32 Å². The van der Waals surface area contributed by atoms with Gasteiger partial charge in [0.05, 0.1) is 17.3 Å². The maximum Gasteiger partial charge on any atom is 0.252 e. The van der Waals surface area contributed by atoms with Crippen LogP contribution in [0.25, 0.3) is 0 Å². The van der Waals surface area contributed by atoms with E-state index in [9.17, 15) is 4.79 Å². The van der Waals surface area contributed by atoms with E-state index in [1.54, 1.807) is 11.3 Å². The summed E-state index contributed by atoms with van der Waals surface area (Å²) in [4.78, 5) is 16.8. The number of hydrogen-bond donors (Lipinski definition) is 1. The predicted octanol–water partition coefficient (Wildman–Crippen LogP) is 4.33. The van der Waals surface area contributed by atoms with E-state index in [4.69, 9.17) is 4.52 Å². The number of nitrogens with one attached hydrogen (secondary N) is 1. The second-order valence-electron chi connectivity index (χ2n) is 8.08. The molecule has 1 N–H and O–H groups in total. The van der Waals surface area contributed by atoms with Gasteiger partial charge in [-0.2, -0.15) is 0 Å². The molecular weight excluding hydrogens is 382 g/mol. The molecule has 29 heavy (non-hydrogen) atoms. The molecule has 5 nitrogen and oxygen atoms in total. The van der Waals surface area contributed by atoms with Gasteiger partial charge in [-0.25, -0.2) is 0 Å². The van der Waals surface area contributed by atoms with E-state index in [1.807, 2.05) is 19.2 Å². The first kappa shape index (κ1) is 18.6. The predicted molar refractivity (Wildman–Crippen MR) is 113 cm³/mol. The molecule has 1 aliphatic heterocycles. The number of nitrogens with zero attached hydrogens (tertiary/aromatic N) is 2. The number of hydrogen-bond acceptors (Lipinski definition) is 5. The number of aryl methyl sites for hydroxylation is 3. The van der Waals surface area contributed by atoms with Crippen molar-refractivity contribution in [3.8, 4) is 0 Å². The first-order valence-electron chi connectivity index (χ1n) is 10.2. The van der Waals surface area contributed by atoms with Crippen molar-refractivity contribution in [3.05, 3.63) is 73.8 Å². The Balaban J connectivity index is 1.29. The van der Waals surface area contributed by atoms with Crippen LogP contribution >= 0.6 is 11.3 Å². The van der Waals surface area contributed by atoms with Gasteiger partial charge in [0.15, 0.2) is 0 Å². The first-order chi connectivity index (χ1) is 14.1. The van der Waals surface area contributed by atoms with Gasteiger partial charge in [0.25, 0.3) is 5.91 Å². The minimum Gasteiger partial charge on any atom is -0.361 e. The summed E-state index contributed by atoms with van der Waals surface area (Å²) in [5.74, 6) is 0.972. The van der Waals surface area contributed by atoms with Gasteiger partial charge in [0.2, 0.25) is 0 Å². The second-order valence-corrected chi connectivity index (χ2v) is 9.04. The van der Waals surface area contributed by atoms with Crippen molar-refractivity contribution >= 4 is 17.2 Å². The lowest BCUT2D eigenvalue weighted by atomic mass is 10.0. The summed E-state index contributed by atoms with van der Waals surface area (Å²) in [5, 5.41) is 9.39. The number of carbonyl (C=O) groups is 1. The van der Waals surface area contributed by atoms with E-state index in [-0.39, 0.29) is 11.9 Å². The van der Waals surface area contributed by atoms with Gasteiger partial charge in [0.1, 0.15) is 5.76 Å². The van der Waals surface area contributed by atoms with Gasteiger partial charge in [-0.1, -0.05) is 29.4 Å².